The maximum absolute atomic E-state index is 12.1. The zero-order valence-electron chi connectivity index (χ0n) is 12.7. The molecule has 0 radical (unpaired) electrons. The summed E-state index contributed by atoms with van der Waals surface area (Å²) in [6.45, 7) is 5.37. The molecule has 1 aromatic heterocycles. The van der Waals surface area contributed by atoms with Gasteiger partial charge < -0.3 is 9.80 Å². The van der Waals surface area contributed by atoms with Crippen LogP contribution in [-0.2, 0) is 0 Å². The molecule has 0 spiro atoms. The molecule has 1 heterocycles. The summed E-state index contributed by atoms with van der Waals surface area (Å²) in [5, 5.41) is 0. The minimum Gasteiger partial charge on any atom is -0.340 e. The van der Waals surface area contributed by atoms with Crippen molar-refractivity contribution in [1.82, 2.24) is 14.8 Å². The third-order valence-corrected chi connectivity index (χ3v) is 3.00. The Hall–Kier alpha value is -1.91. The van der Waals surface area contributed by atoms with Gasteiger partial charge in [0.2, 0.25) is 0 Å². The highest BCUT2D eigenvalue weighted by Crippen LogP contribution is 2.06. The first kappa shape index (κ1) is 16.1. The van der Waals surface area contributed by atoms with Crippen LogP contribution < -0.4 is 0 Å². The van der Waals surface area contributed by atoms with Crippen LogP contribution in [0.3, 0.4) is 0 Å². The van der Waals surface area contributed by atoms with Crippen LogP contribution in [0, 0.1) is 0 Å². The van der Waals surface area contributed by atoms with Gasteiger partial charge in [-0.1, -0.05) is 19.9 Å². The largest absolute Gasteiger partial charge is 0.340 e. The number of aromatic nitrogens is 1. The van der Waals surface area contributed by atoms with E-state index in [-0.39, 0.29) is 11.8 Å². The third-order valence-electron chi connectivity index (χ3n) is 3.00. The zero-order valence-corrected chi connectivity index (χ0v) is 12.7. The Morgan fingerprint density at radius 3 is 1.70 bits per heavy atom. The molecule has 0 aliphatic rings. The van der Waals surface area contributed by atoms with Gasteiger partial charge in [-0.25, -0.2) is 4.98 Å². The summed E-state index contributed by atoms with van der Waals surface area (Å²) in [6, 6.07) is 4.99. The first-order valence-corrected chi connectivity index (χ1v) is 6.99. The molecule has 1 aromatic rings. The average Bonchev–Trinajstić information content (AvgIpc) is 2.46. The van der Waals surface area contributed by atoms with Crippen LogP contribution in [0.5, 0.6) is 0 Å². The van der Waals surface area contributed by atoms with Crippen molar-refractivity contribution in [2.24, 2.45) is 0 Å². The topological polar surface area (TPSA) is 53.5 Å². The Labute approximate surface area is 120 Å². The van der Waals surface area contributed by atoms with Crippen LogP contribution in [0.25, 0.3) is 0 Å². The molecule has 20 heavy (non-hydrogen) atoms. The second-order valence-electron chi connectivity index (χ2n) is 4.86. The highest BCUT2D eigenvalue weighted by molar-refractivity contribution is 5.96. The van der Waals surface area contributed by atoms with Crippen LogP contribution in [0.15, 0.2) is 18.2 Å². The summed E-state index contributed by atoms with van der Waals surface area (Å²) in [6.07, 6.45) is 1.78. The molecule has 0 unspecified atom stereocenters. The second kappa shape index (κ2) is 7.62. The summed E-state index contributed by atoms with van der Waals surface area (Å²) in [4.78, 5) is 31.7. The first-order valence-electron chi connectivity index (χ1n) is 6.99. The van der Waals surface area contributed by atoms with Gasteiger partial charge in [-0.3, -0.25) is 9.59 Å². The van der Waals surface area contributed by atoms with E-state index in [0.717, 1.165) is 12.8 Å². The molecular weight excluding hydrogens is 254 g/mol. The Morgan fingerprint density at radius 2 is 1.35 bits per heavy atom. The molecule has 0 saturated carbocycles. The number of hydrogen-bond donors (Lipinski definition) is 0. The molecule has 110 valence electrons. The van der Waals surface area contributed by atoms with E-state index in [9.17, 15) is 9.59 Å². The van der Waals surface area contributed by atoms with Crippen molar-refractivity contribution in [2.75, 3.05) is 27.2 Å². The number of hydrogen-bond acceptors (Lipinski definition) is 3. The first-order chi connectivity index (χ1) is 9.51. The van der Waals surface area contributed by atoms with Gasteiger partial charge >= 0.3 is 0 Å². The lowest BCUT2D eigenvalue weighted by atomic mass is 10.2. The fourth-order valence-electron chi connectivity index (χ4n) is 1.94. The smallest absolute Gasteiger partial charge is 0.272 e. The molecular formula is C15H23N3O2. The predicted octanol–water partition coefficient (Wildman–Crippen LogP) is 2.05. The maximum Gasteiger partial charge on any atom is 0.272 e. The molecule has 0 bridgehead atoms. The molecule has 0 N–H and O–H groups in total. The molecule has 0 aromatic carbocycles. The van der Waals surface area contributed by atoms with Crippen molar-refractivity contribution in [3.05, 3.63) is 29.6 Å². The summed E-state index contributed by atoms with van der Waals surface area (Å²) < 4.78 is 0. The standard InChI is InChI=1S/C15H23N3O2/c1-5-10-17(3)14(19)12-8-7-9-13(16-12)15(20)18(4)11-6-2/h7-9H,5-6,10-11H2,1-4H3. The van der Waals surface area contributed by atoms with Gasteiger partial charge in [0.15, 0.2) is 0 Å². The van der Waals surface area contributed by atoms with E-state index in [2.05, 4.69) is 4.98 Å². The number of carbonyl (C=O) groups excluding carboxylic acids is 2. The van der Waals surface area contributed by atoms with Crippen LogP contribution in [0.1, 0.15) is 47.7 Å². The van der Waals surface area contributed by atoms with E-state index in [1.165, 1.54) is 0 Å². The predicted molar refractivity (Wildman–Crippen MR) is 78.7 cm³/mol. The van der Waals surface area contributed by atoms with Crippen molar-refractivity contribution >= 4 is 11.8 Å². The lowest BCUT2D eigenvalue weighted by Gasteiger charge is -2.17. The number of carbonyl (C=O) groups is 2. The molecule has 0 aliphatic carbocycles. The quantitative estimate of drug-likeness (QED) is 0.799. The van der Waals surface area contributed by atoms with Crippen molar-refractivity contribution in [3.8, 4) is 0 Å². The summed E-state index contributed by atoms with van der Waals surface area (Å²) >= 11 is 0. The summed E-state index contributed by atoms with van der Waals surface area (Å²) in [7, 11) is 3.48. The lowest BCUT2D eigenvalue weighted by molar-refractivity contribution is 0.0782. The Balaban J connectivity index is 2.90. The van der Waals surface area contributed by atoms with E-state index < -0.39 is 0 Å². The molecule has 2 amide bonds. The number of amides is 2. The maximum atomic E-state index is 12.1. The van der Waals surface area contributed by atoms with Crippen LogP contribution in [0.4, 0.5) is 0 Å². The van der Waals surface area contributed by atoms with Crippen LogP contribution in [-0.4, -0.2) is 53.8 Å². The lowest BCUT2D eigenvalue weighted by Crippen LogP contribution is -2.31. The minimum atomic E-state index is -0.153. The average molecular weight is 277 g/mol. The fraction of sp³-hybridized carbons (Fsp3) is 0.533. The molecule has 0 aliphatic heterocycles. The SMILES string of the molecule is CCCN(C)C(=O)c1cccc(C(=O)N(C)CCC)n1. The molecule has 0 saturated heterocycles. The van der Waals surface area contributed by atoms with Crippen molar-refractivity contribution in [2.45, 2.75) is 26.7 Å². The van der Waals surface area contributed by atoms with E-state index in [0.29, 0.717) is 24.5 Å². The van der Waals surface area contributed by atoms with Crippen LogP contribution in [0.2, 0.25) is 0 Å². The second-order valence-corrected chi connectivity index (χ2v) is 4.86. The van der Waals surface area contributed by atoms with Gasteiger partial charge in [0.1, 0.15) is 11.4 Å². The van der Waals surface area contributed by atoms with Gasteiger partial charge in [0.05, 0.1) is 0 Å². The normalized spacial score (nSPS) is 10.2. The van der Waals surface area contributed by atoms with Gasteiger partial charge in [0, 0.05) is 27.2 Å². The molecule has 0 fully saturated rings. The van der Waals surface area contributed by atoms with Gasteiger partial charge in [-0.05, 0) is 25.0 Å². The number of rotatable bonds is 6. The van der Waals surface area contributed by atoms with Crippen molar-refractivity contribution < 1.29 is 9.59 Å². The fourth-order valence-corrected chi connectivity index (χ4v) is 1.94. The van der Waals surface area contributed by atoms with E-state index >= 15 is 0 Å². The molecule has 5 heteroatoms. The Bertz CT molecular complexity index is 435. The summed E-state index contributed by atoms with van der Waals surface area (Å²) in [5.41, 5.74) is 0.633. The minimum absolute atomic E-state index is 0.153. The molecule has 0 atom stereocenters. The zero-order chi connectivity index (χ0) is 15.1. The summed E-state index contributed by atoms with van der Waals surface area (Å²) in [5.74, 6) is -0.306. The Kier molecular flexibility index (Phi) is 6.15. The van der Waals surface area contributed by atoms with E-state index in [1.54, 1.807) is 42.1 Å². The van der Waals surface area contributed by atoms with Crippen molar-refractivity contribution in [1.29, 1.82) is 0 Å². The molecule has 5 nitrogen and oxygen atoms in total. The number of pyridine rings is 1. The van der Waals surface area contributed by atoms with Crippen LogP contribution >= 0.6 is 0 Å². The van der Waals surface area contributed by atoms with Gasteiger partial charge in [-0.15, -0.1) is 0 Å². The number of nitrogens with zero attached hydrogens (tertiary/aromatic N) is 3. The highest BCUT2D eigenvalue weighted by atomic mass is 16.2. The van der Waals surface area contributed by atoms with Crippen molar-refractivity contribution in [3.63, 3.8) is 0 Å². The van der Waals surface area contributed by atoms with E-state index in [4.69, 9.17) is 0 Å². The third kappa shape index (κ3) is 4.05. The molecule has 1 rings (SSSR count). The highest BCUT2D eigenvalue weighted by Gasteiger charge is 2.17. The van der Waals surface area contributed by atoms with E-state index in [1.807, 2.05) is 13.8 Å². The van der Waals surface area contributed by atoms with Gasteiger partial charge in [0.25, 0.3) is 11.8 Å². The monoisotopic (exact) mass is 277 g/mol. The Morgan fingerprint density at radius 1 is 0.950 bits per heavy atom. The van der Waals surface area contributed by atoms with Gasteiger partial charge in [-0.2, -0.15) is 0 Å².